The van der Waals surface area contributed by atoms with Gasteiger partial charge in [0, 0.05) is 5.56 Å². The van der Waals surface area contributed by atoms with E-state index in [0.29, 0.717) is 12.3 Å². The Kier molecular flexibility index (Phi) is 4.00. The first-order chi connectivity index (χ1) is 8.50. The van der Waals surface area contributed by atoms with Crippen molar-refractivity contribution >= 4 is 0 Å². The summed E-state index contributed by atoms with van der Waals surface area (Å²) in [6.07, 6.45) is 6.25. The van der Waals surface area contributed by atoms with E-state index < -0.39 is 17.2 Å². The normalized spacial score (nSPS) is 20.7. The molecule has 0 aromatic heterocycles. The Labute approximate surface area is 107 Å². The van der Waals surface area contributed by atoms with E-state index in [1.165, 1.54) is 31.4 Å². The molecule has 1 aliphatic carbocycles. The van der Waals surface area contributed by atoms with E-state index in [2.05, 4.69) is 0 Å². The lowest BCUT2D eigenvalue weighted by Gasteiger charge is -2.31. The summed E-state index contributed by atoms with van der Waals surface area (Å²) in [5, 5.41) is 10.4. The van der Waals surface area contributed by atoms with Crippen LogP contribution in [0.2, 0.25) is 0 Å². The van der Waals surface area contributed by atoms with Gasteiger partial charge in [0.2, 0.25) is 0 Å². The minimum absolute atomic E-state index is 0.0769. The lowest BCUT2D eigenvalue weighted by molar-refractivity contribution is 0.0200. The number of hydrogen-bond acceptors (Lipinski definition) is 1. The van der Waals surface area contributed by atoms with E-state index in [4.69, 9.17) is 0 Å². The quantitative estimate of drug-likeness (QED) is 0.859. The van der Waals surface area contributed by atoms with Gasteiger partial charge in [-0.15, -0.1) is 0 Å². The maximum atomic E-state index is 13.7. The summed E-state index contributed by atoms with van der Waals surface area (Å²) in [4.78, 5) is 0. The number of benzene rings is 1. The summed E-state index contributed by atoms with van der Waals surface area (Å²) in [6, 6.07) is 4.00. The van der Waals surface area contributed by atoms with Gasteiger partial charge < -0.3 is 5.11 Å². The van der Waals surface area contributed by atoms with Crippen LogP contribution in [0.1, 0.15) is 51.0 Å². The minimum atomic E-state index is -1.28. The Morgan fingerprint density at radius 1 is 1.22 bits per heavy atom. The second kappa shape index (κ2) is 5.35. The molecular weight excluding hydrogens is 234 g/mol. The van der Waals surface area contributed by atoms with Crippen LogP contribution in [0.15, 0.2) is 18.2 Å². The van der Waals surface area contributed by atoms with Gasteiger partial charge in [-0.3, -0.25) is 0 Å². The first-order valence-corrected chi connectivity index (χ1v) is 6.67. The second-order valence-corrected chi connectivity index (χ2v) is 5.58. The van der Waals surface area contributed by atoms with Gasteiger partial charge in [0.1, 0.15) is 0 Å². The molecule has 1 nitrogen and oxygen atoms in total. The molecule has 18 heavy (non-hydrogen) atoms. The molecule has 0 amide bonds. The third-order valence-corrected chi connectivity index (χ3v) is 3.94. The van der Waals surface area contributed by atoms with Crippen molar-refractivity contribution in [2.24, 2.45) is 5.92 Å². The van der Waals surface area contributed by atoms with E-state index >= 15 is 0 Å². The topological polar surface area (TPSA) is 20.2 Å². The van der Waals surface area contributed by atoms with Crippen LogP contribution in [0.4, 0.5) is 8.78 Å². The zero-order valence-corrected chi connectivity index (χ0v) is 10.8. The molecule has 1 fully saturated rings. The number of aliphatic hydroxyl groups is 1. The molecule has 0 saturated heterocycles. The van der Waals surface area contributed by atoms with Crippen LogP contribution < -0.4 is 0 Å². The van der Waals surface area contributed by atoms with Gasteiger partial charge in [0.05, 0.1) is 5.60 Å². The second-order valence-electron chi connectivity index (χ2n) is 5.58. The zero-order valence-electron chi connectivity index (χ0n) is 10.8. The highest BCUT2D eigenvalue weighted by Gasteiger charge is 2.31. The van der Waals surface area contributed by atoms with Crippen LogP contribution in [0.25, 0.3) is 0 Å². The van der Waals surface area contributed by atoms with Crippen molar-refractivity contribution in [1.29, 1.82) is 0 Å². The smallest absolute Gasteiger partial charge is 0.164 e. The summed E-state index contributed by atoms with van der Waals surface area (Å²) in [7, 11) is 0. The molecule has 1 saturated carbocycles. The molecule has 1 unspecified atom stereocenters. The molecule has 2 rings (SSSR count). The van der Waals surface area contributed by atoms with Crippen molar-refractivity contribution in [3.05, 3.63) is 35.4 Å². The average molecular weight is 254 g/mol. The van der Waals surface area contributed by atoms with Gasteiger partial charge in [-0.2, -0.15) is 0 Å². The predicted octanol–water partition coefficient (Wildman–Crippen LogP) is 4.14. The molecule has 1 aromatic rings. The fourth-order valence-corrected chi connectivity index (χ4v) is 2.98. The SMILES string of the molecule is CC(O)(CC1CCCCC1)c1cccc(F)c1F. The largest absolute Gasteiger partial charge is 0.385 e. The molecule has 3 heteroatoms. The van der Waals surface area contributed by atoms with Crippen molar-refractivity contribution in [2.45, 2.75) is 51.0 Å². The lowest BCUT2D eigenvalue weighted by Crippen LogP contribution is -2.27. The van der Waals surface area contributed by atoms with Gasteiger partial charge in [-0.25, -0.2) is 8.78 Å². The molecule has 1 aromatic carbocycles. The van der Waals surface area contributed by atoms with Gasteiger partial charge in [0.15, 0.2) is 11.6 Å². The van der Waals surface area contributed by atoms with Crippen molar-refractivity contribution in [1.82, 2.24) is 0 Å². The number of rotatable bonds is 3. The first kappa shape index (κ1) is 13.5. The monoisotopic (exact) mass is 254 g/mol. The third-order valence-electron chi connectivity index (χ3n) is 3.94. The minimum Gasteiger partial charge on any atom is -0.385 e. The lowest BCUT2D eigenvalue weighted by atomic mass is 9.79. The summed E-state index contributed by atoms with van der Waals surface area (Å²) < 4.78 is 26.9. The highest BCUT2D eigenvalue weighted by atomic mass is 19.2. The van der Waals surface area contributed by atoms with E-state index in [9.17, 15) is 13.9 Å². The fourth-order valence-electron chi connectivity index (χ4n) is 2.98. The van der Waals surface area contributed by atoms with Crippen molar-refractivity contribution in [3.8, 4) is 0 Å². The Balaban J connectivity index is 2.16. The highest BCUT2D eigenvalue weighted by Crippen LogP contribution is 2.36. The van der Waals surface area contributed by atoms with E-state index in [1.807, 2.05) is 0 Å². The standard InChI is InChI=1S/C15H20F2O/c1-15(18,10-11-6-3-2-4-7-11)12-8-5-9-13(16)14(12)17/h5,8-9,11,18H,2-4,6-7,10H2,1H3. The maximum Gasteiger partial charge on any atom is 0.164 e. The van der Waals surface area contributed by atoms with Gasteiger partial charge >= 0.3 is 0 Å². The molecule has 1 N–H and O–H groups in total. The number of hydrogen-bond donors (Lipinski definition) is 1. The summed E-state index contributed by atoms with van der Waals surface area (Å²) in [5.74, 6) is -1.40. The van der Waals surface area contributed by atoms with Gasteiger partial charge in [0.25, 0.3) is 0 Å². The van der Waals surface area contributed by atoms with E-state index in [0.717, 1.165) is 18.9 Å². The van der Waals surface area contributed by atoms with Crippen LogP contribution >= 0.6 is 0 Å². The fraction of sp³-hybridized carbons (Fsp3) is 0.600. The van der Waals surface area contributed by atoms with Crippen molar-refractivity contribution in [2.75, 3.05) is 0 Å². The Morgan fingerprint density at radius 3 is 2.56 bits per heavy atom. The van der Waals surface area contributed by atoms with Crippen LogP contribution in [0.3, 0.4) is 0 Å². The predicted molar refractivity (Wildman–Crippen MR) is 67.1 cm³/mol. The van der Waals surface area contributed by atoms with E-state index in [-0.39, 0.29) is 5.56 Å². The van der Waals surface area contributed by atoms with Gasteiger partial charge in [-0.05, 0) is 25.3 Å². The Hall–Kier alpha value is -0.960. The molecule has 0 bridgehead atoms. The Morgan fingerprint density at radius 2 is 1.89 bits per heavy atom. The van der Waals surface area contributed by atoms with Crippen LogP contribution in [-0.2, 0) is 5.60 Å². The molecule has 0 heterocycles. The van der Waals surface area contributed by atoms with E-state index in [1.54, 1.807) is 6.92 Å². The molecule has 0 spiro atoms. The molecule has 100 valence electrons. The molecule has 1 aliphatic rings. The maximum absolute atomic E-state index is 13.7. The first-order valence-electron chi connectivity index (χ1n) is 6.67. The summed E-state index contributed by atoms with van der Waals surface area (Å²) in [6.45, 7) is 1.58. The van der Waals surface area contributed by atoms with Crippen LogP contribution in [0, 0.1) is 17.6 Å². The summed E-state index contributed by atoms with van der Waals surface area (Å²) >= 11 is 0. The third kappa shape index (κ3) is 2.89. The molecule has 0 aliphatic heterocycles. The summed E-state index contributed by atoms with van der Waals surface area (Å²) in [5.41, 5.74) is -1.21. The van der Waals surface area contributed by atoms with Crippen LogP contribution in [-0.4, -0.2) is 5.11 Å². The highest BCUT2D eigenvalue weighted by molar-refractivity contribution is 5.24. The van der Waals surface area contributed by atoms with Crippen LogP contribution in [0.5, 0.6) is 0 Å². The number of halogens is 2. The van der Waals surface area contributed by atoms with Gasteiger partial charge in [-0.1, -0.05) is 44.2 Å². The van der Waals surface area contributed by atoms with Crippen molar-refractivity contribution in [3.63, 3.8) is 0 Å². The average Bonchev–Trinajstić information content (AvgIpc) is 2.33. The molecule has 1 atom stereocenters. The van der Waals surface area contributed by atoms with Crippen molar-refractivity contribution < 1.29 is 13.9 Å². The Bertz CT molecular complexity index is 409. The molecule has 0 radical (unpaired) electrons. The molecular formula is C15H20F2O. The zero-order chi connectivity index (χ0) is 13.2.